The highest BCUT2D eigenvalue weighted by molar-refractivity contribution is 6.31. The number of rotatable bonds is 6. The predicted octanol–water partition coefficient (Wildman–Crippen LogP) is 3.27. The molecule has 2 rings (SSSR count). The van der Waals surface area contributed by atoms with Gasteiger partial charge in [-0.3, -0.25) is 4.79 Å². The fourth-order valence-corrected chi connectivity index (χ4v) is 2.93. The highest BCUT2D eigenvalue weighted by Crippen LogP contribution is 2.23. The molecule has 1 amide bonds. The summed E-state index contributed by atoms with van der Waals surface area (Å²) in [4.78, 5) is 23.5. The average Bonchev–Trinajstić information content (AvgIpc) is 2.56. The topological polar surface area (TPSA) is 64.6 Å². The fraction of sp³-hybridized carbons (Fsp3) is 0.556. The zero-order valence-electron chi connectivity index (χ0n) is 14.1. The van der Waals surface area contributed by atoms with Crippen LogP contribution in [0, 0.1) is 12.8 Å². The molecule has 1 aliphatic carbocycles. The van der Waals surface area contributed by atoms with Crippen molar-refractivity contribution in [2.24, 2.45) is 5.92 Å². The van der Waals surface area contributed by atoms with Crippen molar-refractivity contribution >= 4 is 23.5 Å². The second-order valence-electron chi connectivity index (χ2n) is 6.30. The fourth-order valence-electron chi connectivity index (χ4n) is 2.82. The lowest BCUT2D eigenvalue weighted by atomic mass is 9.86. The molecule has 1 aromatic carbocycles. The largest absolute Gasteiger partial charge is 0.482 e. The first-order chi connectivity index (χ1) is 11.5. The molecule has 0 unspecified atom stereocenters. The summed E-state index contributed by atoms with van der Waals surface area (Å²) in [6.45, 7) is 3.47. The Hall–Kier alpha value is -1.75. The van der Waals surface area contributed by atoms with Crippen LogP contribution in [0.2, 0.25) is 5.02 Å². The molecular weight excluding hydrogens is 330 g/mol. The minimum Gasteiger partial charge on any atom is -0.482 e. The van der Waals surface area contributed by atoms with Crippen molar-refractivity contribution in [1.82, 2.24) is 5.32 Å². The summed E-state index contributed by atoms with van der Waals surface area (Å²) in [5.41, 5.74) is 0.864. The maximum atomic E-state index is 11.9. The van der Waals surface area contributed by atoms with Crippen LogP contribution in [0.15, 0.2) is 18.2 Å². The second kappa shape index (κ2) is 8.92. The highest BCUT2D eigenvalue weighted by atomic mass is 35.5. The van der Waals surface area contributed by atoms with Crippen LogP contribution in [-0.4, -0.2) is 31.1 Å². The molecule has 1 aliphatic rings. The first-order valence-electron chi connectivity index (χ1n) is 8.29. The lowest BCUT2D eigenvalue weighted by Gasteiger charge is -2.29. The maximum absolute atomic E-state index is 11.9. The van der Waals surface area contributed by atoms with Gasteiger partial charge in [-0.2, -0.15) is 0 Å². The van der Waals surface area contributed by atoms with E-state index in [1.165, 1.54) is 6.42 Å². The molecule has 1 fully saturated rings. The van der Waals surface area contributed by atoms with E-state index >= 15 is 0 Å². The molecule has 0 spiro atoms. The molecule has 0 radical (unpaired) electrons. The van der Waals surface area contributed by atoms with Crippen LogP contribution in [-0.2, 0) is 14.3 Å². The Labute approximate surface area is 147 Å². The maximum Gasteiger partial charge on any atom is 0.344 e. The molecule has 1 aromatic rings. The number of halogens is 1. The quantitative estimate of drug-likeness (QED) is 0.797. The molecule has 0 saturated heterocycles. The summed E-state index contributed by atoms with van der Waals surface area (Å²) in [5, 5.41) is 3.58. The van der Waals surface area contributed by atoms with Crippen LogP contribution in [0.3, 0.4) is 0 Å². The molecule has 24 heavy (non-hydrogen) atoms. The molecule has 0 aromatic heterocycles. The van der Waals surface area contributed by atoms with Crippen molar-refractivity contribution in [3.8, 4) is 5.75 Å². The summed E-state index contributed by atoms with van der Waals surface area (Å²) in [7, 11) is 0. The SMILES string of the molecule is Cc1cc(OCC(=O)OCC(=O)N[C@H]2CCCC[C@@H]2C)ccc1Cl. The minimum atomic E-state index is -0.575. The normalized spacial score (nSPS) is 20.3. The molecule has 2 atom stereocenters. The molecule has 0 bridgehead atoms. The summed E-state index contributed by atoms with van der Waals surface area (Å²) in [5.74, 6) is 0.170. The van der Waals surface area contributed by atoms with Crippen molar-refractivity contribution in [2.45, 2.75) is 45.6 Å². The van der Waals surface area contributed by atoms with E-state index in [9.17, 15) is 9.59 Å². The molecular formula is C18H24ClNO4. The van der Waals surface area contributed by atoms with Crippen molar-refractivity contribution < 1.29 is 19.1 Å². The standard InChI is InChI=1S/C18H24ClNO4/c1-12-5-3-4-6-16(12)20-17(21)10-24-18(22)11-23-14-7-8-15(19)13(2)9-14/h7-9,12,16H,3-6,10-11H2,1-2H3,(H,20,21)/t12-,16-/m0/s1. The molecule has 6 heteroatoms. The zero-order chi connectivity index (χ0) is 17.5. The number of carbonyl (C=O) groups is 2. The van der Waals surface area contributed by atoms with Gasteiger partial charge in [0.15, 0.2) is 13.2 Å². The molecule has 0 aliphatic heterocycles. The molecule has 0 heterocycles. The van der Waals surface area contributed by atoms with Crippen LogP contribution < -0.4 is 10.1 Å². The van der Waals surface area contributed by atoms with E-state index in [0.29, 0.717) is 16.7 Å². The number of hydrogen-bond donors (Lipinski definition) is 1. The van der Waals surface area contributed by atoms with E-state index in [0.717, 1.165) is 24.8 Å². The lowest BCUT2D eigenvalue weighted by Crippen LogP contribution is -2.43. The monoisotopic (exact) mass is 353 g/mol. The smallest absolute Gasteiger partial charge is 0.344 e. The Morgan fingerprint density at radius 2 is 2.00 bits per heavy atom. The molecule has 1 saturated carbocycles. The van der Waals surface area contributed by atoms with Gasteiger partial charge in [0.25, 0.3) is 5.91 Å². The number of aryl methyl sites for hydroxylation is 1. The van der Waals surface area contributed by atoms with Gasteiger partial charge >= 0.3 is 5.97 Å². The third kappa shape index (κ3) is 5.71. The predicted molar refractivity (Wildman–Crippen MR) is 92.2 cm³/mol. The first kappa shape index (κ1) is 18.6. The van der Waals surface area contributed by atoms with Crippen molar-refractivity contribution in [1.29, 1.82) is 0 Å². The van der Waals surface area contributed by atoms with Gasteiger partial charge in [0.1, 0.15) is 5.75 Å². The van der Waals surface area contributed by atoms with Crippen molar-refractivity contribution in [3.05, 3.63) is 28.8 Å². The number of ether oxygens (including phenoxy) is 2. The highest BCUT2D eigenvalue weighted by Gasteiger charge is 2.23. The van der Waals surface area contributed by atoms with Gasteiger partial charge in [-0.25, -0.2) is 4.79 Å². The molecule has 5 nitrogen and oxygen atoms in total. The number of hydrogen-bond acceptors (Lipinski definition) is 4. The van der Waals surface area contributed by atoms with E-state index in [1.54, 1.807) is 18.2 Å². The lowest BCUT2D eigenvalue weighted by molar-refractivity contribution is -0.150. The number of carbonyl (C=O) groups excluding carboxylic acids is 2. The van der Waals surface area contributed by atoms with Gasteiger partial charge in [-0.05, 0) is 49.4 Å². The Morgan fingerprint density at radius 3 is 2.71 bits per heavy atom. The van der Waals surface area contributed by atoms with Crippen LogP contribution in [0.25, 0.3) is 0 Å². The third-order valence-corrected chi connectivity index (χ3v) is 4.73. The molecule has 1 N–H and O–H groups in total. The van der Waals surface area contributed by atoms with E-state index < -0.39 is 5.97 Å². The number of benzene rings is 1. The Bertz CT molecular complexity index is 590. The Balaban J connectivity index is 1.68. The van der Waals surface area contributed by atoms with Crippen LogP contribution in [0.4, 0.5) is 0 Å². The first-order valence-corrected chi connectivity index (χ1v) is 8.67. The Morgan fingerprint density at radius 1 is 1.25 bits per heavy atom. The van der Waals surface area contributed by atoms with Gasteiger partial charge in [-0.1, -0.05) is 31.4 Å². The van der Waals surface area contributed by atoms with E-state index in [4.69, 9.17) is 21.1 Å². The van der Waals surface area contributed by atoms with Crippen molar-refractivity contribution in [3.63, 3.8) is 0 Å². The number of esters is 1. The van der Waals surface area contributed by atoms with Gasteiger partial charge in [0.2, 0.25) is 0 Å². The summed E-state index contributed by atoms with van der Waals surface area (Å²) in [6, 6.07) is 5.31. The van der Waals surface area contributed by atoms with Gasteiger partial charge in [-0.15, -0.1) is 0 Å². The second-order valence-corrected chi connectivity index (χ2v) is 6.70. The van der Waals surface area contributed by atoms with E-state index in [1.807, 2.05) is 6.92 Å². The van der Waals surface area contributed by atoms with E-state index in [2.05, 4.69) is 12.2 Å². The zero-order valence-corrected chi connectivity index (χ0v) is 14.9. The van der Waals surface area contributed by atoms with Gasteiger partial charge < -0.3 is 14.8 Å². The number of amides is 1. The number of nitrogens with one attached hydrogen (secondary N) is 1. The summed E-state index contributed by atoms with van der Waals surface area (Å²) >= 11 is 5.93. The molecule has 132 valence electrons. The summed E-state index contributed by atoms with van der Waals surface area (Å²) in [6.07, 6.45) is 4.45. The van der Waals surface area contributed by atoms with Crippen LogP contribution in [0.1, 0.15) is 38.2 Å². The van der Waals surface area contributed by atoms with Crippen LogP contribution >= 0.6 is 11.6 Å². The van der Waals surface area contributed by atoms with Crippen molar-refractivity contribution in [2.75, 3.05) is 13.2 Å². The third-order valence-electron chi connectivity index (χ3n) is 4.31. The summed E-state index contributed by atoms with van der Waals surface area (Å²) < 4.78 is 10.3. The van der Waals surface area contributed by atoms with Crippen LogP contribution in [0.5, 0.6) is 5.75 Å². The van der Waals surface area contributed by atoms with E-state index in [-0.39, 0.29) is 25.2 Å². The van der Waals surface area contributed by atoms with Gasteiger partial charge in [0, 0.05) is 11.1 Å². The van der Waals surface area contributed by atoms with Gasteiger partial charge in [0.05, 0.1) is 0 Å². The average molecular weight is 354 g/mol. The Kier molecular flexibility index (Phi) is 6.91. The minimum absolute atomic E-state index is 0.179.